The quantitative estimate of drug-likeness (QED) is 0.298. The Bertz CT molecular complexity index is 770. The van der Waals surface area contributed by atoms with Crippen LogP contribution in [0.4, 0.5) is 22.0 Å². The van der Waals surface area contributed by atoms with Crippen LogP contribution in [0.5, 0.6) is 0 Å². The molecule has 2 rings (SSSR count). The molecule has 0 saturated carbocycles. The number of hydrazine groups is 1. The number of imide groups is 1. The van der Waals surface area contributed by atoms with Gasteiger partial charge in [0.15, 0.2) is 0 Å². The number of carbonyl (C=O) groups excluding carboxylic acids is 2. The van der Waals surface area contributed by atoms with Gasteiger partial charge in [0.25, 0.3) is 11.8 Å². The number of nitrogens with zero attached hydrogens (tertiary/aromatic N) is 2. The number of alkyl halides is 3. The minimum absolute atomic E-state index is 0.105. The van der Waals surface area contributed by atoms with Crippen LogP contribution >= 0.6 is 0 Å². The summed E-state index contributed by atoms with van der Waals surface area (Å²) in [4.78, 5) is 26.9. The molecule has 2 amide bonds. The molecule has 2 aromatic rings. The summed E-state index contributed by atoms with van der Waals surface area (Å²) >= 11 is 0. The highest BCUT2D eigenvalue weighted by Gasteiger charge is 2.33. The van der Waals surface area contributed by atoms with Crippen molar-refractivity contribution in [3.63, 3.8) is 0 Å². The molecular weight excluding hydrogens is 337 g/mol. The first-order valence-electron chi connectivity index (χ1n) is 6.23. The van der Waals surface area contributed by atoms with Crippen molar-refractivity contribution in [3.05, 3.63) is 65.0 Å². The van der Waals surface area contributed by atoms with E-state index in [2.05, 4.69) is 4.98 Å². The van der Waals surface area contributed by atoms with Gasteiger partial charge in [-0.1, -0.05) is 6.07 Å². The Hall–Kier alpha value is -2.88. The van der Waals surface area contributed by atoms with E-state index in [9.17, 15) is 31.5 Å². The van der Waals surface area contributed by atoms with Crippen molar-refractivity contribution in [2.45, 2.75) is 6.18 Å². The Morgan fingerprint density at radius 2 is 1.58 bits per heavy atom. The van der Waals surface area contributed by atoms with Crippen molar-refractivity contribution in [1.29, 1.82) is 0 Å². The molecule has 0 radical (unpaired) electrons. The summed E-state index contributed by atoms with van der Waals surface area (Å²) in [7, 11) is 0. The van der Waals surface area contributed by atoms with Crippen molar-refractivity contribution in [1.82, 2.24) is 9.99 Å². The first-order valence-corrected chi connectivity index (χ1v) is 6.23. The molecule has 1 heterocycles. The van der Waals surface area contributed by atoms with E-state index in [1.807, 2.05) is 0 Å². The van der Waals surface area contributed by atoms with Crippen LogP contribution in [0.15, 0.2) is 36.5 Å². The smallest absolute Gasteiger partial charge is 0.267 e. The summed E-state index contributed by atoms with van der Waals surface area (Å²) in [5.41, 5.74) is -2.78. The van der Waals surface area contributed by atoms with Crippen molar-refractivity contribution in [2.24, 2.45) is 5.84 Å². The molecule has 0 saturated heterocycles. The molecule has 0 atom stereocenters. The summed E-state index contributed by atoms with van der Waals surface area (Å²) in [6.07, 6.45) is -4.16. The highest BCUT2D eigenvalue weighted by atomic mass is 19.4. The number of aromatic nitrogens is 1. The Morgan fingerprint density at radius 3 is 2.04 bits per heavy atom. The van der Waals surface area contributed by atoms with Gasteiger partial charge in [-0.05, 0) is 24.3 Å². The van der Waals surface area contributed by atoms with E-state index in [0.717, 1.165) is 24.3 Å². The van der Waals surface area contributed by atoms with Crippen LogP contribution in [0.1, 0.15) is 26.4 Å². The third-order valence-corrected chi connectivity index (χ3v) is 2.92. The zero-order valence-electron chi connectivity index (χ0n) is 11.6. The van der Waals surface area contributed by atoms with Gasteiger partial charge in [-0.3, -0.25) is 14.6 Å². The summed E-state index contributed by atoms with van der Waals surface area (Å²) in [5, 5.41) is -0.105. The second-order valence-corrected chi connectivity index (χ2v) is 4.51. The van der Waals surface area contributed by atoms with E-state index in [0.29, 0.717) is 12.3 Å². The lowest BCUT2D eigenvalue weighted by molar-refractivity contribution is -0.141. The number of rotatable bonds is 2. The molecule has 126 valence electrons. The van der Waals surface area contributed by atoms with Crippen molar-refractivity contribution in [3.8, 4) is 0 Å². The van der Waals surface area contributed by atoms with Crippen LogP contribution in [0.25, 0.3) is 0 Å². The molecule has 0 unspecified atom stereocenters. The predicted octanol–water partition coefficient (Wildman–Crippen LogP) is 2.53. The molecule has 2 N–H and O–H groups in total. The van der Waals surface area contributed by atoms with Crippen LogP contribution in [0.3, 0.4) is 0 Å². The topological polar surface area (TPSA) is 76.3 Å². The summed E-state index contributed by atoms with van der Waals surface area (Å²) in [5.74, 6) is -0.0109. The highest BCUT2D eigenvalue weighted by Crippen LogP contribution is 2.27. The number of hydrogen-bond acceptors (Lipinski definition) is 4. The van der Waals surface area contributed by atoms with Crippen molar-refractivity contribution in [2.75, 3.05) is 0 Å². The Labute approximate surface area is 131 Å². The molecule has 0 aliphatic heterocycles. The van der Waals surface area contributed by atoms with Gasteiger partial charge >= 0.3 is 6.18 Å². The molecule has 0 aliphatic rings. The highest BCUT2D eigenvalue weighted by molar-refractivity contribution is 6.09. The van der Waals surface area contributed by atoms with Crippen LogP contribution in [-0.4, -0.2) is 21.8 Å². The van der Waals surface area contributed by atoms with E-state index < -0.39 is 46.4 Å². The maximum Gasteiger partial charge on any atom is 0.433 e. The molecule has 5 nitrogen and oxygen atoms in total. The van der Waals surface area contributed by atoms with E-state index in [1.54, 1.807) is 0 Å². The zero-order valence-corrected chi connectivity index (χ0v) is 11.6. The Morgan fingerprint density at radius 1 is 1.00 bits per heavy atom. The average Bonchev–Trinajstić information content (AvgIpc) is 2.52. The molecular formula is C14H8F5N3O2. The Balaban J connectivity index is 2.28. The maximum absolute atomic E-state index is 13.5. The molecule has 0 fully saturated rings. The molecule has 0 spiro atoms. The van der Waals surface area contributed by atoms with Gasteiger partial charge < -0.3 is 0 Å². The second-order valence-electron chi connectivity index (χ2n) is 4.51. The van der Waals surface area contributed by atoms with Gasteiger partial charge in [0.1, 0.15) is 22.9 Å². The summed E-state index contributed by atoms with van der Waals surface area (Å²) in [6, 6.07) is 3.82. The van der Waals surface area contributed by atoms with Crippen LogP contribution in [-0.2, 0) is 6.18 Å². The number of halogens is 5. The molecule has 1 aromatic heterocycles. The Kier molecular flexibility index (Phi) is 4.60. The number of carbonyl (C=O) groups is 2. The van der Waals surface area contributed by atoms with Crippen LogP contribution < -0.4 is 5.84 Å². The molecule has 0 bridgehead atoms. The number of amides is 2. The first-order chi connectivity index (χ1) is 11.1. The van der Waals surface area contributed by atoms with Gasteiger partial charge in [0.2, 0.25) is 0 Å². The zero-order chi connectivity index (χ0) is 18.1. The van der Waals surface area contributed by atoms with Crippen molar-refractivity contribution >= 4 is 11.8 Å². The standard InChI is InChI=1S/C14H8F5N3O2/c15-8-2-1-3-9(16)11(8)13(24)22(20)12(23)7-4-5-10(21-6-7)14(17,18)19/h1-6H,20H2. The first kappa shape index (κ1) is 17.5. The maximum atomic E-state index is 13.5. The largest absolute Gasteiger partial charge is 0.433 e. The molecule has 10 heteroatoms. The third kappa shape index (κ3) is 3.38. The van der Waals surface area contributed by atoms with Crippen LogP contribution in [0, 0.1) is 11.6 Å². The lowest BCUT2D eigenvalue weighted by Gasteiger charge is -2.15. The number of benzene rings is 1. The lowest BCUT2D eigenvalue weighted by atomic mass is 10.1. The molecule has 24 heavy (non-hydrogen) atoms. The summed E-state index contributed by atoms with van der Waals surface area (Å²) in [6.45, 7) is 0. The predicted molar refractivity (Wildman–Crippen MR) is 70.3 cm³/mol. The average molecular weight is 345 g/mol. The fraction of sp³-hybridized carbons (Fsp3) is 0.0714. The number of nitrogens with two attached hydrogens (primary N) is 1. The van der Waals surface area contributed by atoms with Gasteiger partial charge in [-0.2, -0.15) is 13.2 Å². The fourth-order valence-electron chi connectivity index (χ4n) is 1.74. The van der Waals surface area contributed by atoms with E-state index in [-0.39, 0.29) is 5.01 Å². The normalized spacial score (nSPS) is 11.2. The number of pyridine rings is 1. The van der Waals surface area contributed by atoms with Gasteiger partial charge in [-0.25, -0.2) is 19.6 Å². The fourth-order valence-corrected chi connectivity index (χ4v) is 1.74. The minimum atomic E-state index is -4.71. The molecule has 0 aliphatic carbocycles. The van der Waals surface area contributed by atoms with Crippen LogP contribution in [0.2, 0.25) is 0 Å². The van der Waals surface area contributed by atoms with Gasteiger partial charge in [0.05, 0.1) is 5.56 Å². The minimum Gasteiger partial charge on any atom is -0.267 e. The second kappa shape index (κ2) is 6.32. The summed E-state index contributed by atoms with van der Waals surface area (Å²) < 4.78 is 64.2. The van der Waals surface area contributed by atoms with E-state index in [4.69, 9.17) is 5.84 Å². The third-order valence-electron chi connectivity index (χ3n) is 2.92. The monoisotopic (exact) mass is 345 g/mol. The molecule has 1 aromatic carbocycles. The van der Waals surface area contributed by atoms with Crippen molar-refractivity contribution < 1.29 is 31.5 Å². The van der Waals surface area contributed by atoms with Gasteiger partial charge in [-0.15, -0.1) is 0 Å². The van der Waals surface area contributed by atoms with E-state index in [1.165, 1.54) is 0 Å². The van der Waals surface area contributed by atoms with Gasteiger partial charge in [0, 0.05) is 6.20 Å². The number of hydrogen-bond donors (Lipinski definition) is 1. The SMILES string of the molecule is NN(C(=O)c1ccc(C(F)(F)F)nc1)C(=O)c1c(F)cccc1F. The van der Waals surface area contributed by atoms with E-state index >= 15 is 0 Å². The lowest BCUT2D eigenvalue weighted by Crippen LogP contribution is -2.43.